The zero-order valence-electron chi connectivity index (χ0n) is 9.46. The van der Waals surface area contributed by atoms with Crippen molar-refractivity contribution >= 4 is 11.8 Å². The second-order valence-electron chi connectivity index (χ2n) is 4.15. The van der Waals surface area contributed by atoms with Gasteiger partial charge in [-0.05, 0) is 37.9 Å². The van der Waals surface area contributed by atoms with E-state index >= 15 is 0 Å². The molecule has 0 nitrogen and oxygen atoms in total. The fraction of sp³-hybridized carbons (Fsp3) is 0.692. The number of hydrogen-bond donors (Lipinski definition) is 0. The Morgan fingerprint density at radius 2 is 2.36 bits per heavy atom. The lowest BCUT2D eigenvalue weighted by atomic mass is 9.92. The summed E-state index contributed by atoms with van der Waals surface area (Å²) in [6.07, 6.45) is 9.93. The molecule has 0 spiro atoms. The first-order chi connectivity index (χ1) is 6.75. The zero-order valence-corrected chi connectivity index (χ0v) is 10.3. The molecule has 1 saturated heterocycles. The van der Waals surface area contributed by atoms with Gasteiger partial charge in [0.2, 0.25) is 0 Å². The highest BCUT2D eigenvalue weighted by atomic mass is 32.2. The summed E-state index contributed by atoms with van der Waals surface area (Å²) in [5.74, 6) is 2.05. The quantitative estimate of drug-likeness (QED) is 0.619. The molecule has 0 bridgehead atoms. The van der Waals surface area contributed by atoms with Crippen molar-refractivity contribution in [2.24, 2.45) is 5.92 Å². The number of unbranched alkanes of at least 4 members (excludes halogenated alkanes) is 1. The van der Waals surface area contributed by atoms with E-state index in [2.05, 4.69) is 44.3 Å². The van der Waals surface area contributed by atoms with Crippen molar-refractivity contribution in [1.82, 2.24) is 0 Å². The van der Waals surface area contributed by atoms with Crippen LogP contribution in [0.15, 0.2) is 24.3 Å². The maximum absolute atomic E-state index is 4.11. The van der Waals surface area contributed by atoms with Crippen LogP contribution in [0.1, 0.15) is 39.5 Å². The summed E-state index contributed by atoms with van der Waals surface area (Å²) in [6, 6.07) is 0. The summed E-state index contributed by atoms with van der Waals surface area (Å²) >= 11 is 2.10. The number of rotatable bonds is 4. The van der Waals surface area contributed by atoms with Gasteiger partial charge < -0.3 is 0 Å². The monoisotopic (exact) mass is 210 g/mol. The van der Waals surface area contributed by atoms with Crippen LogP contribution in [-0.4, -0.2) is 11.0 Å². The van der Waals surface area contributed by atoms with Crippen LogP contribution in [-0.2, 0) is 0 Å². The first-order valence-corrected chi connectivity index (χ1v) is 6.74. The highest BCUT2D eigenvalue weighted by Crippen LogP contribution is 2.35. The molecule has 0 amide bonds. The predicted octanol–water partition coefficient (Wildman–Crippen LogP) is 4.43. The van der Waals surface area contributed by atoms with Gasteiger partial charge in [0.05, 0.1) is 0 Å². The average Bonchev–Trinajstić information content (AvgIpc) is 2.19. The Hall–Kier alpha value is -0.170. The first kappa shape index (κ1) is 11.9. The fourth-order valence-electron chi connectivity index (χ4n) is 1.92. The van der Waals surface area contributed by atoms with E-state index in [9.17, 15) is 0 Å². The maximum Gasteiger partial charge on any atom is 0.0292 e. The molecule has 0 aromatic heterocycles. The molecule has 2 atom stereocenters. The Labute approximate surface area is 92.9 Å². The number of hydrogen-bond acceptors (Lipinski definition) is 1. The zero-order chi connectivity index (χ0) is 10.4. The van der Waals surface area contributed by atoms with Gasteiger partial charge >= 0.3 is 0 Å². The molecule has 1 fully saturated rings. The van der Waals surface area contributed by atoms with E-state index < -0.39 is 0 Å². The summed E-state index contributed by atoms with van der Waals surface area (Å²) in [4.78, 5) is 0. The average molecular weight is 210 g/mol. The van der Waals surface area contributed by atoms with Crippen molar-refractivity contribution in [1.29, 1.82) is 0 Å². The molecule has 80 valence electrons. The standard InChI is InChI=1S/C13H22S/c1-4-5-6-9-13-12(11(2)3)8-7-10-14-13/h6,9,12-13H,2,4-5,7-8,10H2,1,3H3/b9-6+/t12-,13-/m1/s1. The molecule has 0 saturated carbocycles. The van der Waals surface area contributed by atoms with Crippen LogP contribution >= 0.6 is 11.8 Å². The van der Waals surface area contributed by atoms with Gasteiger partial charge in [0.15, 0.2) is 0 Å². The van der Waals surface area contributed by atoms with Crippen LogP contribution in [0.3, 0.4) is 0 Å². The van der Waals surface area contributed by atoms with Crippen LogP contribution in [0.25, 0.3) is 0 Å². The van der Waals surface area contributed by atoms with Crippen molar-refractivity contribution in [3.05, 3.63) is 24.3 Å². The molecule has 1 rings (SSSR count). The molecule has 14 heavy (non-hydrogen) atoms. The SMILES string of the molecule is C=C(C)[C@H]1CCCS[C@@H]1/C=C/CCC. The van der Waals surface area contributed by atoms with E-state index in [1.165, 1.54) is 37.0 Å². The topological polar surface area (TPSA) is 0 Å². The minimum atomic E-state index is 0.702. The summed E-state index contributed by atoms with van der Waals surface area (Å²) in [6.45, 7) is 8.52. The van der Waals surface area contributed by atoms with Crippen molar-refractivity contribution in [3.8, 4) is 0 Å². The number of allylic oxidation sites excluding steroid dienone is 2. The molecule has 1 aliphatic heterocycles. The molecule has 0 unspecified atom stereocenters. The van der Waals surface area contributed by atoms with E-state index in [0.29, 0.717) is 5.25 Å². The van der Waals surface area contributed by atoms with E-state index in [0.717, 1.165) is 5.92 Å². The maximum atomic E-state index is 4.11. The van der Waals surface area contributed by atoms with Gasteiger partial charge in [-0.1, -0.05) is 37.6 Å². The molecular weight excluding hydrogens is 188 g/mol. The van der Waals surface area contributed by atoms with Crippen LogP contribution in [0.4, 0.5) is 0 Å². The third kappa shape index (κ3) is 3.53. The minimum absolute atomic E-state index is 0.702. The molecule has 0 aromatic rings. The molecule has 0 aromatic carbocycles. The highest BCUT2D eigenvalue weighted by molar-refractivity contribution is 8.00. The van der Waals surface area contributed by atoms with Crippen LogP contribution in [0.2, 0.25) is 0 Å². The van der Waals surface area contributed by atoms with Gasteiger partial charge in [0.1, 0.15) is 0 Å². The van der Waals surface area contributed by atoms with Gasteiger partial charge in [0, 0.05) is 5.25 Å². The Bertz CT molecular complexity index is 205. The van der Waals surface area contributed by atoms with Gasteiger partial charge in [0.25, 0.3) is 0 Å². The van der Waals surface area contributed by atoms with Gasteiger partial charge in [-0.3, -0.25) is 0 Å². The molecule has 1 heterocycles. The molecule has 0 N–H and O–H groups in total. The van der Waals surface area contributed by atoms with Crippen LogP contribution in [0.5, 0.6) is 0 Å². The van der Waals surface area contributed by atoms with Crippen LogP contribution < -0.4 is 0 Å². The molecular formula is C13H22S. The first-order valence-electron chi connectivity index (χ1n) is 5.69. The highest BCUT2D eigenvalue weighted by Gasteiger charge is 2.23. The van der Waals surface area contributed by atoms with Crippen molar-refractivity contribution in [3.63, 3.8) is 0 Å². The summed E-state index contributed by atoms with van der Waals surface area (Å²) in [7, 11) is 0. The predicted molar refractivity (Wildman–Crippen MR) is 67.8 cm³/mol. The molecule has 0 radical (unpaired) electrons. The molecule has 0 aliphatic carbocycles. The fourth-order valence-corrected chi connectivity index (χ4v) is 3.35. The third-order valence-corrected chi connectivity index (χ3v) is 4.18. The Balaban J connectivity index is 2.49. The lowest BCUT2D eigenvalue weighted by Crippen LogP contribution is -2.21. The normalized spacial score (nSPS) is 28.1. The smallest absolute Gasteiger partial charge is 0.0292 e. The lowest BCUT2D eigenvalue weighted by molar-refractivity contribution is 0.555. The molecule has 1 heteroatoms. The second kappa shape index (κ2) is 6.34. The van der Waals surface area contributed by atoms with E-state index in [1.807, 2.05) is 0 Å². The van der Waals surface area contributed by atoms with Crippen molar-refractivity contribution in [2.75, 3.05) is 5.75 Å². The number of thioether (sulfide) groups is 1. The van der Waals surface area contributed by atoms with Gasteiger partial charge in [-0.15, -0.1) is 0 Å². The van der Waals surface area contributed by atoms with Crippen molar-refractivity contribution < 1.29 is 0 Å². The van der Waals surface area contributed by atoms with E-state index in [1.54, 1.807) is 0 Å². The summed E-state index contributed by atoms with van der Waals surface area (Å²) in [5.41, 5.74) is 1.36. The van der Waals surface area contributed by atoms with Crippen LogP contribution in [0, 0.1) is 5.92 Å². The Morgan fingerprint density at radius 1 is 1.57 bits per heavy atom. The Morgan fingerprint density at radius 3 is 3.00 bits per heavy atom. The lowest BCUT2D eigenvalue weighted by Gasteiger charge is -2.29. The van der Waals surface area contributed by atoms with Crippen molar-refractivity contribution in [2.45, 2.75) is 44.8 Å². The van der Waals surface area contributed by atoms with Gasteiger partial charge in [-0.25, -0.2) is 0 Å². The van der Waals surface area contributed by atoms with E-state index in [4.69, 9.17) is 0 Å². The minimum Gasteiger partial charge on any atom is -0.154 e. The largest absolute Gasteiger partial charge is 0.154 e. The third-order valence-electron chi connectivity index (χ3n) is 2.78. The van der Waals surface area contributed by atoms with E-state index in [-0.39, 0.29) is 0 Å². The summed E-state index contributed by atoms with van der Waals surface area (Å²) < 4.78 is 0. The second-order valence-corrected chi connectivity index (χ2v) is 5.43. The Kier molecular flexibility index (Phi) is 5.39. The summed E-state index contributed by atoms with van der Waals surface area (Å²) in [5, 5.41) is 0.702. The molecule has 1 aliphatic rings. The van der Waals surface area contributed by atoms with Gasteiger partial charge in [-0.2, -0.15) is 11.8 Å².